The van der Waals surface area contributed by atoms with Crippen LogP contribution >= 0.6 is 11.3 Å². The molecule has 0 saturated carbocycles. The van der Waals surface area contributed by atoms with E-state index in [-0.39, 0.29) is 11.8 Å². The molecule has 4 nitrogen and oxygen atoms in total. The molecular weight excluding hydrogens is 284 g/mol. The van der Waals surface area contributed by atoms with Gasteiger partial charge < -0.3 is 10.2 Å². The molecule has 0 atom stereocenters. The molecule has 1 saturated heterocycles. The number of thiophene rings is 1. The van der Waals surface area contributed by atoms with Crippen LogP contribution in [0.1, 0.15) is 28.8 Å². The second-order valence-electron chi connectivity index (χ2n) is 5.12. The molecule has 1 aliphatic rings. The van der Waals surface area contributed by atoms with Gasteiger partial charge in [-0.2, -0.15) is 11.3 Å². The normalized spacial score (nSPS) is 14.5. The van der Waals surface area contributed by atoms with Crippen molar-refractivity contribution >= 4 is 34.5 Å². The van der Waals surface area contributed by atoms with Crippen molar-refractivity contribution in [2.24, 2.45) is 0 Å². The van der Waals surface area contributed by atoms with E-state index in [9.17, 15) is 9.59 Å². The molecule has 2 aromatic rings. The molecule has 5 heteroatoms. The third kappa shape index (κ3) is 2.83. The van der Waals surface area contributed by atoms with Crippen LogP contribution in [0.3, 0.4) is 0 Å². The summed E-state index contributed by atoms with van der Waals surface area (Å²) in [7, 11) is 0. The molecule has 0 unspecified atom stereocenters. The first-order chi connectivity index (χ1) is 10.1. The van der Waals surface area contributed by atoms with Crippen LogP contribution in [0.15, 0.2) is 35.0 Å². The number of carbonyl (C=O) groups excluding carboxylic acids is 2. The van der Waals surface area contributed by atoms with E-state index in [4.69, 9.17) is 0 Å². The van der Waals surface area contributed by atoms with Gasteiger partial charge >= 0.3 is 0 Å². The third-order valence-electron chi connectivity index (χ3n) is 3.60. The lowest BCUT2D eigenvalue weighted by atomic mass is 10.1. The number of carbonyl (C=O) groups is 2. The molecule has 1 fully saturated rings. The smallest absolute Gasteiger partial charge is 0.256 e. The van der Waals surface area contributed by atoms with Crippen LogP contribution in [0.2, 0.25) is 0 Å². The molecule has 2 amide bonds. The number of nitrogens with zero attached hydrogens (tertiary/aromatic N) is 1. The molecule has 1 N–H and O–H groups in total. The highest BCUT2D eigenvalue weighted by atomic mass is 32.1. The second-order valence-corrected chi connectivity index (χ2v) is 5.90. The van der Waals surface area contributed by atoms with E-state index in [2.05, 4.69) is 5.32 Å². The summed E-state index contributed by atoms with van der Waals surface area (Å²) in [6.45, 7) is 2.74. The topological polar surface area (TPSA) is 49.4 Å². The van der Waals surface area contributed by atoms with Crippen molar-refractivity contribution in [1.29, 1.82) is 0 Å². The minimum Gasteiger partial charge on any atom is -0.322 e. The van der Waals surface area contributed by atoms with E-state index in [0.29, 0.717) is 12.0 Å². The fourth-order valence-electron chi connectivity index (χ4n) is 2.54. The predicted octanol–water partition coefficient (Wildman–Crippen LogP) is 3.44. The Bertz CT molecular complexity index is 680. The van der Waals surface area contributed by atoms with Crippen molar-refractivity contribution in [3.63, 3.8) is 0 Å². The standard InChI is InChI=1S/C16H16N2O2S/c1-11-9-13(17-16(20)12-6-8-21-10-12)4-5-14(11)18-7-2-3-15(18)19/h4-6,8-10H,2-3,7H2,1H3,(H,17,20). The van der Waals surface area contributed by atoms with E-state index < -0.39 is 0 Å². The first-order valence-electron chi connectivity index (χ1n) is 6.90. The van der Waals surface area contributed by atoms with Gasteiger partial charge in [0.1, 0.15) is 0 Å². The second kappa shape index (κ2) is 5.69. The van der Waals surface area contributed by atoms with E-state index in [0.717, 1.165) is 29.9 Å². The zero-order chi connectivity index (χ0) is 14.8. The average Bonchev–Trinajstić information content (AvgIpc) is 3.10. The maximum Gasteiger partial charge on any atom is 0.256 e. The first-order valence-corrected chi connectivity index (χ1v) is 7.84. The van der Waals surface area contributed by atoms with Gasteiger partial charge in [0.25, 0.3) is 5.91 Å². The van der Waals surface area contributed by atoms with Gasteiger partial charge in [-0.25, -0.2) is 0 Å². The summed E-state index contributed by atoms with van der Waals surface area (Å²) >= 11 is 1.50. The van der Waals surface area contributed by atoms with Crippen molar-refractivity contribution in [1.82, 2.24) is 0 Å². The van der Waals surface area contributed by atoms with E-state index >= 15 is 0 Å². The fraction of sp³-hybridized carbons (Fsp3) is 0.250. The van der Waals surface area contributed by atoms with Crippen LogP contribution in [-0.2, 0) is 4.79 Å². The monoisotopic (exact) mass is 300 g/mol. The summed E-state index contributed by atoms with van der Waals surface area (Å²) in [6, 6.07) is 7.45. The number of anilines is 2. The Morgan fingerprint density at radius 2 is 2.19 bits per heavy atom. The molecule has 1 aromatic heterocycles. The average molecular weight is 300 g/mol. The van der Waals surface area contributed by atoms with Gasteiger partial charge in [0.2, 0.25) is 5.91 Å². The van der Waals surface area contributed by atoms with Gasteiger partial charge in [-0.15, -0.1) is 0 Å². The molecule has 1 aromatic carbocycles. The molecule has 0 bridgehead atoms. The van der Waals surface area contributed by atoms with Gasteiger partial charge in [-0.05, 0) is 48.6 Å². The molecule has 2 heterocycles. The molecular formula is C16H16N2O2S. The summed E-state index contributed by atoms with van der Waals surface area (Å²) in [6.07, 6.45) is 1.53. The zero-order valence-corrected chi connectivity index (χ0v) is 12.6. The van der Waals surface area contributed by atoms with E-state index in [1.165, 1.54) is 11.3 Å². The Labute approximate surface area is 127 Å². The van der Waals surface area contributed by atoms with Crippen LogP contribution in [0.4, 0.5) is 11.4 Å². The molecule has 1 aliphatic heterocycles. The van der Waals surface area contributed by atoms with Crippen LogP contribution in [-0.4, -0.2) is 18.4 Å². The van der Waals surface area contributed by atoms with Crippen molar-refractivity contribution < 1.29 is 9.59 Å². The van der Waals surface area contributed by atoms with Gasteiger partial charge in [0.15, 0.2) is 0 Å². The summed E-state index contributed by atoms with van der Waals surface area (Å²) in [5.74, 6) is 0.0637. The lowest BCUT2D eigenvalue weighted by Crippen LogP contribution is -2.24. The van der Waals surface area contributed by atoms with E-state index in [1.54, 1.807) is 6.07 Å². The SMILES string of the molecule is Cc1cc(NC(=O)c2ccsc2)ccc1N1CCCC1=O. The van der Waals surface area contributed by atoms with Crippen molar-refractivity contribution in [3.8, 4) is 0 Å². The van der Waals surface area contributed by atoms with E-state index in [1.807, 2.05) is 40.8 Å². The van der Waals surface area contributed by atoms with Crippen molar-refractivity contribution in [2.75, 3.05) is 16.8 Å². The van der Waals surface area contributed by atoms with Crippen LogP contribution < -0.4 is 10.2 Å². The number of benzene rings is 1. The molecule has 0 radical (unpaired) electrons. The number of amides is 2. The number of nitrogens with one attached hydrogen (secondary N) is 1. The minimum atomic E-state index is -0.111. The van der Waals surface area contributed by atoms with Gasteiger partial charge in [0, 0.05) is 29.7 Å². The highest BCUT2D eigenvalue weighted by Gasteiger charge is 2.23. The Morgan fingerprint density at radius 1 is 1.33 bits per heavy atom. The number of aryl methyl sites for hydroxylation is 1. The first kappa shape index (κ1) is 13.8. The Balaban J connectivity index is 1.78. The lowest BCUT2D eigenvalue weighted by molar-refractivity contribution is -0.117. The van der Waals surface area contributed by atoms with Gasteiger partial charge in [0.05, 0.1) is 5.56 Å². The Hall–Kier alpha value is -2.14. The van der Waals surface area contributed by atoms with Crippen molar-refractivity contribution in [2.45, 2.75) is 19.8 Å². The minimum absolute atomic E-state index is 0.111. The summed E-state index contributed by atoms with van der Waals surface area (Å²) in [5, 5.41) is 6.57. The number of hydrogen-bond donors (Lipinski definition) is 1. The van der Waals surface area contributed by atoms with Gasteiger partial charge in [-0.1, -0.05) is 0 Å². The predicted molar refractivity (Wildman–Crippen MR) is 85.0 cm³/mol. The highest BCUT2D eigenvalue weighted by Crippen LogP contribution is 2.27. The van der Waals surface area contributed by atoms with Crippen LogP contribution in [0, 0.1) is 6.92 Å². The fourth-order valence-corrected chi connectivity index (χ4v) is 3.17. The molecule has 0 aliphatic carbocycles. The number of rotatable bonds is 3. The maximum atomic E-state index is 12.0. The number of hydrogen-bond acceptors (Lipinski definition) is 3. The summed E-state index contributed by atoms with van der Waals surface area (Å²) in [4.78, 5) is 25.6. The van der Waals surface area contributed by atoms with Crippen LogP contribution in [0.5, 0.6) is 0 Å². The quantitative estimate of drug-likeness (QED) is 0.944. The molecule has 0 spiro atoms. The highest BCUT2D eigenvalue weighted by molar-refractivity contribution is 7.08. The summed E-state index contributed by atoms with van der Waals surface area (Å²) < 4.78 is 0. The zero-order valence-electron chi connectivity index (χ0n) is 11.8. The Kier molecular flexibility index (Phi) is 3.75. The molecule has 108 valence electrons. The third-order valence-corrected chi connectivity index (χ3v) is 4.29. The molecule has 3 rings (SSSR count). The molecule has 21 heavy (non-hydrogen) atoms. The van der Waals surface area contributed by atoms with Crippen LogP contribution in [0.25, 0.3) is 0 Å². The summed E-state index contributed by atoms with van der Waals surface area (Å²) in [5.41, 5.74) is 3.34. The van der Waals surface area contributed by atoms with Gasteiger partial charge in [-0.3, -0.25) is 9.59 Å². The largest absolute Gasteiger partial charge is 0.322 e. The maximum absolute atomic E-state index is 12.0. The Morgan fingerprint density at radius 3 is 2.81 bits per heavy atom. The van der Waals surface area contributed by atoms with Crippen molar-refractivity contribution in [3.05, 3.63) is 46.2 Å². The lowest BCUT2D eigenvalue weighted by Gasteiger charge is -2.19.